The maximum atomic E-state index is 12.0. The van der Waals surface area contributed by atoms with Crippen molar-refractivity contribution in [3.8, 4) is 17.1 Å². The molecular weight excluding hydrogens is 536 g/mol. The maximum Gasteiger partial charge on any atom is 0.314 e. The minimum Gasteiger partial charge on any atom is -0.594 e. The van der Waals surface area contributed by atoms with Crippen molar-refractivity contribution in [2.75, 3.05) is 39.0 Å². The molecule has 4 rings (SSSR count). The second-order valence-corrected chi connectivity index (χ2v) is 10.6. The molecule has 12 heteroatoms. The van der Waals surface area contributed by atoms with Gasteiger partial charge in [-0.2, -0.15) is 4.98 Å². The fraction of sp³-hybridized carbons (Fsp3) is 0.348. The van der Waals surface area contributed by atoms with Crippen molar-refractivity contribution in [2.45, 2.75) is 24.7 Å². The highest BCUT2D eigenvalue weighted by Gasteiger charge is 2.22. The van der Waals surface area contributed by atoms with Gasteiger partial charge in [-0.3, -0.25) is 0 Å². The van der Waals surface area contributed by atoms with Crippen LogP contribution in [0.15, 0.2) is 57.9 Å². The first-order valence-corrected chi connectivity index (χ1v) is 13.3. The zero-order valence-corrected chi connectivity index (χ0v) is 22.0. The third-order valence-electron chi connectivity index (χ3n) is 5.44. The molecule has 1 saturated heterocycles. The lowest BCUT2D eigenvalue weighted by Crippen LogP contribution is -2.36. The molecule has 1 fully saturated rings. The van der Waals surface area contributed by atoms with E-state index in [1.54, 1.807) is 30.3 Å². The minimum absolute atomic E-state index is 0.116. The fourth-order valence-electron chi connectivity index (χ4n) is 3.64. The summed E-state index contributed by atoms with van der Waals surface area (Å²) in [6.07, 6.45) is 2.44. The predicted molar refractivity (Wildman–Crippen MR) is 137 cm³/mol. The number of rotatable bonds is 7. The van der Waals surface area contributed by atoms with E-state index in [0.29, 0.717) is 16.3 Å². The maximum absolute atomic E-state index is 12.0. The lowest BCUT2D eigenvalue weighted by molar-refractivity contribution is -0.657. The molecule has 3 N–H and O–H groups in total. The first-order chi connectivity index (χ1) is 16.7. The lowest BCUT2D eigenvalue weighted by atomic mass is 10.1. The monoisotopic (exact) mass is 564 g/mol. The van der Waals surface area contributed by atoms with Gasteiger partial charge in [0.15, 0.2) is 0 Å². The molecule has 0 bridgehead atoms. The van der Waals surface area contributed by atoms with Gasteiger partial charge in [-0.05, 0) is 73.6 Å². The van der Waals surface area contributed by atoms with Crippen LogP contribution >= 0.6 is 15.9 Å². The molecule has 0 radical (unpaired) electrons. The molecule has 2 aromatic carbocycles. The Kier molecular flexibility index (Phi) is 9.38. The average molecular weight is 565 g/mol. The number of nitrogens with one attached hydrogen (secondary N) is 1. The smallest absolute Gasteiger partial charge is 0.314 e. The Morgan fingerprint density at radius 3 is 2.46 bits per heavy atom. The molecule has 1 aliphatic heterocycles. The summed E-state index contributed by atoms with van der Waals surface area (Å²) in [6.45, 7) is 5.32. The number of benzene rings is 2. The van der Waals surface area contributed by atoms with Gasteiger partial charge < -0.3 is 20.6 Å². The third kappa shape index (κ3) is 7.34. The van der Waals surface area contributed by atoms with Crippen molar-refractivity contribution in [1.29, 1.82) is 0 Å². The first-order valence-electron chi connectivity index (χ1n) is 11.1. The van der Waals surface area contributed by atoms with Crippen molar-refractivity contribution in [2.24, 2.45) is 0 Å². The zero-order chi connectivity index (χ0) is 25.4. The largest absolute Gasteiger partial charge is 0.594 e. The highest BCUT2D eigenvalue weighted by molar-refractivity contribution is 9.10. The van der Waals surface area contributed by atoms with Crippen molar-refractivity contribution in [1.82, 2.24) is 19.7 Å². The summed E-state index contributed by atoms with van der Waals surface area (Å²) in [5, 5.41) is 15.3. The van der Waals surface area contributed by atoms with Crippen molar-refractivity contribution < 1.29 is 18.0 Å². The summed E-state index contributed by atoms with van der Waals surface area (Å²) in [5.74, 6) is 0.0518. The van der Waals surface area contributed by atoms with E-state index in [0.717, 1.165) is 35.2 Å². The normalized spacial score (nSPS) is 13.8. The minimum atomic E-state index is -3.37. The van der Waals surface area contributed by atoms with E-state index < -0.39 is 10.0 Å². The number of aryl methyl sites for hydroxylation is 1. The summed E-state index contributed by atoms with van der Waals surface area (Å²) in [4.78, 5) is 6.92. The molecule has 0 aliphatic carbocycles. The number of nitrogen functional groups attached to an aromatic ring is 1. The number of nitrogens with zero attached hydrogens (tertiary/aromatic N) is 4. The number of methoxy groups -OCH3 is 1. The van der Waals surface area contributed by atoms with Gasteiger partial charge in [-0.25, -0.2) is 13.1 Å². The Morgan fingerprint density at radius 1 is 1.17 bits per heavy atom. The molecular formula is C23H29BrN6O4S. The molecule has 0 atom stereocenters. The highest BCUT2D eigenvalue weighted by Crippen LogP contribution is 2.26. The number of nitrogens with two attached hydrogens (primary N) is 1. The van der Waals surface area contributed by atoms with Crippen molar-refractivity contribution in [3.63, 3.8) is 0 Å². The van der Waals surface area contributed by atoms with Gasteiger partial charge in [0, 0.05) is 17.6 Å². The fourth-order valence-corrected chi connectivity index (χ4v) is 4.93. The standard InChI is InChI=1S/C12H17BrN2O2S.C11H12N4O2/c13-11-3-5-12(6-4-11)18(16,17)14-7-10-15-8-1-2-9-15;1-7-5-3-4-6-8(7)9-10(17-2)13-11(12)14-15(9)16/h3-6,14H,1-2,7-10H2;3-6H,1-2H3,(H2,12,13,14). The lowest BCUT2D eigenvalue weighted by Gasteiger charge is -2.14. The van der Waals surface area contributed by atoms with Crippen LogP contribution in [0.4, 0.5) is 5.95 Å². The number of halogens is 1. The highest BCUT2D eigenvalue weighted by atomic mass is 79.9. The van der Waals surface area contributed by atoms with Crippen molar-refractivity contribution >= 4 is 31.9 Å². The van der Waals surface area contributed by atoms with Crippen molar-refractivity contribution in [3.05, 3.63) is 63.8 Å². The summed E-state index contributed by atoms with van der Waals surface area (Å²) >= 11 is 3.29. The predicted octanol–water partition coefficient (Wildman–Crippen LogP) is 2.50. The second-order valence-electron chi connectivity index (χ2n) is 7.92. The number of aromatic nitrogens is 3. The number of hydrogen-bond donors (Lipinski definition) is 2. The van der Waals surface area contributed by atoms with E-state index in [4.69, 9.17) is 10.5 Å². The van der Waals surface area contributed by atoms with Crippen LogP contribution < -0.4 is 20.0 Å². The summed E-state index contributed by atoms with van der Waals surface area (Å²) in [5.41, 5.74) is 7.32. The van der Waals surface area contributed by atoms with Crippen LogP contribution in [-0.2, 0) is 10.0 Å². The number of likely N-dealkylation sites (tertiary alicyclic amines) is 1. The van der Waals surface area contributed by atoms with E-state index in [9.17, 15) is 13.6 Å². The van der Waals surface area contributed by atoms with Crippen LogP contribution in [0, 0.1) is 12.1 Å². The van der Waals surface area contributed by atoms with E-state index in [2.05, 4.69) is 35.6 Å². The van der Waals surface area contributed by atoms with Gasteiger partial charge >= 0.3 is 5.69 Å². The average Bonchev–Trinajstić information content (AvgIpc) is 3.33. The second kappa shape index (κ2) is 12.2. The third-order valence-corrected chi connectivity index (χ3v) is 7.45. The van der Waals surface area contributed by atoms with Gasteiger partial charge in [-0.15, -0.1) is 0 Å². The zero-order valence-electron chi connectivity index (χ0n) is 19.6. The first kappa shape index (κ1) is 26.8. The Labute approximate surface area is 213 Å². The summed E-state index contributed by atoms with van der Waals surface area (Å²) in [6, 6.07) is 14.1. The van der Waals surface area contributed by atoms with Crippen LogP contribution in [0.25, 0.3) is 11.3 Å². The number of sulfonamides is 1. The van der Waals surface area contributed by atoms with E-state index >= 15 is 0 Å². The Morgan fingerprint density at radius 2 is 1.83 bits per heavy atom. The molecule has 3 aromatic rings. The molecule has 0 unspecified atom stereocenters. The number of anilines is 1. The van der Waals surface area contributed by atoms with Crippen LogP contribution in [0.5, 0.6) is 5.88 Å². The molecule has 1 aliphatic rings. The number of ether oxygens (including phenoxy) is 1. The van der Waals surface area contributed by atoms with Gasteiger partial charge in [0.1, 0.15) is 0 Å². The quantitative estimate of drug-likeness (QED) is 0.329. The SMILES string of the molecule is COc1nc(N)n[n+]([O-])c1-c1ccccc1C.O=S(=O)(NCCN1CCCC1)c1ccc(Br)cc1. The molecule has 0 amide bonds. The summed E-state index contributed by atoms with van der Waals surface area (Å²) < 4.78 is 32.5. The summed E-state index contributed by atoms with van der Waals surface area (Å²) in [7, 11) is -1.93. The topological polar surface area (TPSA) is 137 Å². The molecule has 188 valence electrons. The van der Waals surface area contributed by atoms with Crippen LogP contribution in [0.3, 0.4) is 0 Å². The van der Waals surface area contributed by atoms with E-state index in [-0.39, 0.29) is 17.5 Å². The Bertz CT molecular complexity index is 1240. The number of hydrogen-bond acceptors (Lipinski definition) is 8. The van der Waals surface area contributed by atoms with Gasteiger partial charge in [-0.1, -0.05) is 34.1 Å². The molecule has 35 heavy (non-hydrogen) atoms. The molecule has 0 spiro atoms. The van der Waals surface area contributed by atoms with Gasteiger partial charge in [0.05, 0.1) is 22.7 Å². The van der Waals surface area contributed by atoms with E-state index in [1.165, 1.54) is 20.0 Å². The molecule has 1 aromatic heterocycles. The van der Waals surface area contributed by atoms with Gasteiger partial charge in [0.25, 0.3) is 11.8 Å². The Hall–Kier alpha value is -2.80. The van der Waals surface area contributed by atoms with Gasteiger partial charge in [0.2, 0.25) is 10.0 Å². The van der Waals surface area contributed by atoms with Crippen LogP contribution in [0.2, 0.25) is 0 Å². The van der Waals surface area contributed by atoms with E-state index in [1.807, 2.05) is 25.1 Å². The van der Waals surface area contributed by atoms with Crippen LogP contribution in [-0.4, -0.2) is 56.7 Å². The van der Waals surface area contributed by atoms with Crippen LogP contribution in [0.1, 0.15) is 18.4 Å². The molecule has 2 heterocycles. The molecule has 0 saturated carbocycles. The molecule has 10 nitrogen and oxygen atoms in total. The Balaban J connectivity index is 0.000000196.